The van der Waals surface area contributed by atoms with Crippen LogP contribution in [0.5, 0.6) is 5.88 Å². The predicted molar refractivity (Wildman–Crippen MR) is 72.2 cm³/mol. The second kappa shape index (κ2) is 5.36. The Labute approximate surface area is 111 Å². The van der Waals surface area contributed by atoms with Crippen LogP contribution in [0.3, 0.4) is 0 Å². The zero-order chi connectivity index (χ0) is 13.1. The monoisotopic (exact) mass is 301 g/mol. The first-order valence-electron chi connectivity index (χ1n) is 5.71. The number of halogens is 1. The molecule has 1 heterocycles. The van der Waals surface area contributed by atoms with Gasteiger partial charge in [0.05, 0.1) is 5.60 Å². The average Bonchev–Trinajstić information content (AvgIpc) is 2.18. The van der Waals surface area contributed by atoms with Crippen LogP contribution in [-0.2, 0) is 0 Å². The van der Waals surface area contributed by atoms with Crippen LogP contribution in [0.1, 0.15) is 40.5 Å². The Morgan fingerprint density at radius 1 is 1.24 bits per heavy atom. The van der Waals surface area contributed by atoms with Gasteiger partial charge in [0.15, 0.2) is 0 Å². The molecule has 1 aromatic rings. The highest BCUT2D eigenvalue weighted by atomic mass is 79.9. The molecule has 0 atom stereocenters. The fraction of sp³-hybridized carbons (Fsp3) is 0.615. The summed E-state index contributed by atoms with van der Waals surface area (Å²) in [6, 6.07) is 3.73. The summed E-state index contributed by atoms with van der Waals surface area (Å²) in [6.45, 7) is 7.62. The quantitative estimate of drug-likeness (QED) is 0.904. The zero-order valence-corrected chi connectivity index (χ0v) is 12.4. The highest BCUT2D eigenvalue weighted by Gasteiger charge is 2.24. The molecule has 0 saturated heterocycles. The van der Waals surface area contributed by atoms with Gasteiger partial charge in [-0.2, -0.15) is 0 Å². The number of hydrogen-bond donors (Lipinski definition) is 1. The van der Waals surface area contributed by atoms with Crippen LogP contribution in [0.2, 0.25) is 0 Å². The average molecular weight is 302 g/mol. The molecule has 0 amide bonds. The number of hydrogen-bond acceptors (Lipinski definition) is 3. The molecular weight excluding hydrogens is 282 g/mol. The molecule has 0 aliphatic carbocycles. The van der Waals surface area contributed by atoms with Crippen LogP contribution in [0.4, 0.5) is 0 Å². The summed E-state index contributed by atoms with van der Waals surface area (Å²) in [6.07, 6.45) is 3.17. The third-order valence-corrected chi connectivity index (χ3v) is 2.89. The van der Waals surface area contributed by atoms with E-state index in [1.165, 1.54) is 0 Å². The van der Waals surface area contributed by atoms with Gasteiger partial charge in [-0.1, -0.05) is 0 Å². The topological polar surface area (TPSA) is 42.4 Å². The maximum Gasteiger partial charge on any atom is 0.213 e. The highest BCUT2D eigenvalue weighted by molar-refractivity contribution is 9.10. The predicted octanol–water partition coefficient (Wildman–Crippen LogP) is 3.55. The van der Waals surface area contributed by atoms with Gasteiger partial charge in [0.25, 0.3) is 0 Å². The fourth-order valence-electron chi connectivity index (χ4n) is 1.36. The van der Waals surface area contributed by atoms with Gasteiger partial charge >= 0.3 is 0 Å². The van der Waals surface area contributed by atoms with E-state index < -0.39 is 5.60 Å². The maximum atomic E-state index is 9.71. The lowest BCUT2D eigenvalue weighted by Gasteiger charge is -2.28. The van der Waals surface area contributed by atoms with Crippen LogP contribution in [-0.4, -0.2) is 21.3 Å². The number of nitrogens with zero attached hydrogens (tertiary/aromatic N) is 1. The minimum Gasteiger partial charge on any atom is -0.472 e. The third-order valence-electron chi connectivity index (χ3n) is 2.42. The Balaban J connectivity index is 2.57. The largest absolute Gasteiger partial charge is 0.472 e. The molecule has 0 unspecified atom stereocenters. The van der Waals surface area contributed by atoms with E-state index in [-0.39, 0.29) is 5.60 Å². The number of aliphatic hydroxyl groups is 1. The van der Waals surface area contributed by atoms with E-state index in [4.69, 9.17) is 4.74 Å². The van der Waals surface area contributed by atoms with Crippen LogP contribution in [0.25, 0.3) is 0 Å². The van der Waals surface area contributed by atoms with Crippen molar-refractivity contribution >= 4 is 15.9 Å². The van der Waals surface area contributed by atoms with E-state index in [1.807, 2.05) is 26.0 Å². The summed E-state index contributed by atoms with van der Waals surface area (Å²) in [7, 11) is 0. The van der Waals surface area contributed by atoms with Gasteiger partial charge in [-0.05, 0) is 62.5 Å². The van der Waals surface area contributed by atoms with Crippen molar-refractivity contribution in [2.75, 3.05) is 0 Å². The second-order valence-electron chi connectivity index (χ2n) is 5.49. The molecule has 3 nitrogen and oxygen atoms in total. The Morgan fingerprint density at radius 2 is 1.88 bits per heavy atom. The minimum absolute atomic E-state index is 0.333. The van der Waals surface area contributed by atoms with Crippen molar-refractivity contribution in [2.24, 2.45) is 0 Å². The van der Waals surface area contributed by atoms with Gasteiger partial charge in [-0.15, -0.1) is 0 Å². The molecule has 0 aliphatic heterocycles. The minimum atomic E-state index is -0.659. The number of ether oxygens (including phenoxy) is 1. The normalized spacial score (nSPS) is 12.6. The van der Waals surface area contributed by atoms with Crippen molar-refractivity contribution < 1.29 is 9.84 Å². The van der Waals surface area contributed by atoms with E-state index in [1.54, 1.807) is 20.0 Å². The van der Waals surface area contributed by atoms with Gasteiger partial charge in [0, 0.05) is 16.7 Å². The third kappa shape index (κ3) is 6.03. The SMILES string of the molecule is CC(C)(O)CCC(C)(C)Oc1ccc(Br)cn1. The number of pyridine rings is 1. The molecule has 0 bridgehead atoms. The van der Waals surface area contributed by atoms with Gasteiger partial charge in [-0.25, -0.2) is 4.98 Å². The van der Waals surface area contributed by atoms with Crippen molar-refractivity contribution in [3.8, 4) is 5.88 Å². The molecule has 96 valence electrons. The van der Waals surface area contributed by atoms with Crippen LogP contribution in [0, 0.1) is 0 Å². The Morgan fingerprint density at radius 3 is 2.35 bits per heavy atom. The number of rotatable bonds is 5. The van der Waals surface area contributed by atoms with Crippen LogP contribution >= 0.6 is 15.9 Å². The number of aromatic nitrogens is 1. The van der Waals surface area contributed by atoms with Crippen LogP contribution in [0.15, 0.2) is 22.8 Å². The molecule has 1 rings (SSSR count). The van der Waals surface area contributed by atoms with E-state index in [9.17, 15) is 5.11 Å². The van der Waals surface area contributed by atoms with Crippen molar-refractivity contribution in [3.63, 3.8) is 0 Å². The van der Waals surface area contributed by atoms with Crippen molar-refractivity contribution in [1.29, 1.82) is 0 Å². The molecule has 1 aromatic heterocycles. The van der Waals surface area contributed by atoms with Gasteiger partial charge in [0.2, 0.25) is 5.88 Å². The Kier molecular flexibility index (Phi) is 4.55. The van der Waals surface area contributed by atoms with Crippen LogP contribution < -0.4 is 4.74 Å². The lowest BCUT2D eigenvalue weighted by Crippen LogP contribution is -2.32. The fourth-order valence-corrected chi connectivity index (χ4v) is 1.60. The summed E-state index contributed by atoms with van der Waals surface area (Å²) in [4.78, 5) is 4.18. The molecule has 17 heavy (non-hydrogen) atoms. The Bertz CT molecular complexity index is 355. The first-order valence-corrected chi connectivity index (χ1v) is 6.50. The molecular formula is C13H20BrNO2. The molecule has 0 aliphatic rings. The first-order chi connectivity index (χ1) is 7.68. The summed E-state index contributed by atoms with van der Waals surface area (Å²) in [5.41, 5.74) is -0.991. The molecule has 0 radical (unpaired) electrons. The molecule has 0 fully saturated rings. The lowest BCUT2D eigenvalue weighted by atomic mass is 9.94. The van der Waals surface area contributed by atoms with Crippen molar-refractivity contribution in [2.45, 2.75) is 51.7 Å². The van der Waals surface area contributed by atoms with E-state index >= 15 is 0 Å². The highest BCUT2D eigenvalue weighted by Crippen LogP contribution is 2.24. The smallest absolute Gasteiger partial charge is 0.213 e. The maximum absolute atomic E-state index is 9.71. The first kappa shape index (κ1) is 14.5. The summed E-state index contributed by atoms with van der Waals surface area (Å²) >= 11 is 3.33. The van der Waals surface area contributed by atoms with E-state index in [0.29, 0.717) is 12.3 Å². The standard InChI is InChI=1S/C13H20BrNO2/c1-12(2,16)7-8-13(3,4)17-11-6-5-10(14)9-15-11/h5-6,9,16H,7-8H2,1-4H3. The summed E-state index contributed by atoms with van der Waals surface area (Å²) in [5, 5.41) is 9.71. The van der Waals surface area contributed by atoms with Gasteiger partial charge < -0.3 is 9.84 Å². The van der Waals surface area contributed by atoms with E-state index in [2.05, 4.69) is 20.9 Å². The van der Waals surface area contributed by atoms with E-state index in [0.717, 1.165) is 10.9 Å². The lowest BCUT2D eigenvalue weighted by molar-refractivity contribution is 0.0275. The Hall–Kier alpha value is -0.610. The summed E-state index contributed by atoms with van der Waals surface area (Å²) < 4.78 is 6.74. The molecule has 0 spiro atoms. The van der Waals surface area contributed by atoms with Gasteiger partial charge in [0.1, 0.15) is 5.60 Å². The molecule has 0 aromatic carbocycles. The zero-order valence-electron chi connectivity index (χ0n) is 10.8. The second-order valence-corrected chi connectivity index (χ2v) is 6.40. The van der Waals surface area contributed by atoms with Gasteiger partial charge in [-0.3, -0.25) is 0 Å². The molecule has 4 heteroatoms. The summed E-state index contributed by atoms with van der Waals surface area (Å²) in [5.74, 6) is 0.606. The molecule has 1 N–H and O–H groups in total. The van der Waals surface area contributed by atoms with Crippen molar-refractivity contribution in [1.82, 2.24) is 4.98 Å². The molecule has 0 saturated carbocycles. The van der Waals surface area contributed by atoms with Crippen molar-refractivity contribution in [3.05, 3.63) is 22.8 Å².